The molecule has 0 rings (SSSR count). The molecule has 0 aromatic carbocycles. The van der Waals surface area contributed by atoms with Gasteiger partial charge in [-0.3, -0.25) is 4.99 Å². The van der Waals surface area contributed by atoms with Crippen LogP contribution in [0.3, 0.4) is 0 Å². The maximum absolute atomic E-state index is 13.5. The Morgan fingerprint density at radius 2 is 2.00 bits per heavy atom. The molecule has 132 valence electrons. The number of halogens is 1. The van der Waals surface area contributed by atoms with Crippen LogP contribution in [0, 0.1) is 0 Å². The van der Waals surface area contributed by atoms with Crippen molar-refractivity contribution in [2.75, 3.05) is 13.7 Å². The molecule has 1 atom stereocenters. The molecule has 0 unspecified atom stereocenters. The second-order valence-corrected chi connectivity index (χ2v) is 5.91. The Hall–Kier alpha value is -2.12. The number of allylic oxidation sites excluding steroid dienone is 1. The maximum Gasteiger partial charge on any atom is 0.408 e. The molecule has 8 heteroatoms. The van der Waals surface area contributed by atoms with Crippen LogP contribution in [0.2, 0.25) is 0 Å². The summed E-state index contributed by atoms with van der Waals surface area (Å²) in [7, 11) is 1.21. The Balaban J connectivity index is 4.58. The fourth-order valence-corrected chi connectivity index (χ4v) is 1.51. The molecule has 3 N–H and O–H groups in total. The fourth-order valence-electron chi connectivity index (χ4n) is 1.51. The van der Waals surface area contributed by atoms with Gasteiger partial charge in [0.15, 0.2) is 0 Å². The van der Waals surface area contributed by atoms with Crippen molar-refractivity contribution in [2.24, 2.45) is 10.7 Å². The minimum Gasteiger partial charge on any atom is -0.467 e. The van der Waals surface area contributed by atoms with E-state index >= 15 is 0 Å². The minimum atomic E-state index is -0.918. The van der Waals surface area contributed by atoms with Gasteiger partial charge < -0.3 is 20.5 Å². The number of amidine groups is 1. The summed E-state index contributed by atoms with van der Waals surface area (Å²) < 4.78 is 23.1. The lowest BCUT2D eigenvalue weighted by atomic mass is 10.1. The average Bonchev–Trinajstić information content (AvgIpc) is 2.41. The normalized spacial score (nSPS) is 14.2. The van der Waals surface area contributed by atoms with Crippen molar-refractivity contribution in [3.05, 3.63) is 11.9 Å². The van der Waals surface area contributed by atoms with Gasteiger partial charge in [-0.15, -0.1) is 0 Å². The predicted octanol–water partition coefficient (Wildman–Crippen LogP) is 2.06. The van der Waals surface area contributed by atoms with Crippen LogP contribution in [0.5, 0.6) is 0 Å². The zero-order valence-electron chi connectivity index (χ0n) is 14.3. The van der Waals surface area contributed by atoms with Gasteiger partial charge in [-0.1, -0.05) is 6.08 Å². The highest BCUT2D eigenvalue weighted by atomic mass is 19.1. The van der Waals surface area contributed by atoms with Crippen LogP contribution in [0.4, 0.5) is 9.18 Å². The van der Waals surface area contributed by atoms with Crippen molar-refractivity contribution in [1.82, 2.24) is 5.32 Å². The quantitative estimate of drug-likeness (QED) is 0.422. The summed E-state index contributed by atoms with van der Waals surface area (Å²) in [6, 6.07) is -0.918. The van der Waals surface area contributed by atoms with Gasteiger partial charge in [-0.05, 0) is 40.5 Å². The number of carbonyl (C=O) groups excluding carboxylic acids is 2. The topological polar surface area (TPSA) is 103 Å². The van der Waals surface area contributed by atoms with E-state index in [0.29, 0.717) is 0 Å². The van der Waals surface area contributed by atoms with E-state index < -0.39 is 29.5 Å². The molecule has 0 saturated carbocycles. The molecule has 0 aromatic rings. The first-order valence-electron chi connectivity index (χ1n) is 7.23. The summed E-state index contributed by atoms with van der Waals surface area (Å²) in [6.45, 7) is 6.53. The van der Waals surface area contributed by atoms with E-state index in [9.17, 15) is 14.0 Å². The van der Waals surface area contributed by atoms with Crippen molar-refractivity contribution in [1.29, 1.82) is 0 Å². The molecule has 0 heterocycles. The van der Waals surface area contributed by atoms with Gasteiger partial charge in [0.2, 0.25) is 0 Å². The third kappa shape index (κ3) is 11.1. The first kappa shape index (κ1) is 20.9. The molecule has 1 amide bonds. The molecule has 23 heavy (non-hydrogen) atoms. The molecule has 0 spiro atoms. The highest BCUT2D eigenvalue weighted by Gasteiger charge is 2.24. The standard InChI is InChI=1S/C15H26FN3O4/c1-10(17)18-9-11(16)7-6-8-12(13(20)22-5)19-14(21)23-15(2,3)4/h7,12H,6,8-9H2,1-5H3,(H2,17,18)(H,19,21)/b11-7+/t12-/m0/s1. The van der Waals surface area contributed by atoms with Gasteiger partial charge >= 0.3 is 12.1 Å². The number of rotatable bonds is 7. The number of hydrogen-bond donors (Lipinski definition) is 2. The molecule has 0 fully saturated rings. The summed E-state index contributed by atoms with van der Waals surface area (Å²) in [5.74, 6) is -0.802. The highest BCUT2D eigenvalue weighted by Crippen LogP contribution is 2.09. The molecular weight excluding hydrogens is 305 g/mol. The molecule has 7 nitrogen and oxygen atoms in total. The van der Waals surface area contributed by atoms with E-state index in [1.807, 2.05) is 0 Å². The van der Waals surface area contributed by atoms with Gasteiger partial charge in [0.1, 0.15) is 17.5 Å². The molecule has 0 aliphatic heterocycles. The lowest BCUT2D eigenvalue weighted by molar-refractivity contribution is -0.143. The molecule has 0 radical (unpaired) electrons. The second kappa shape index (κ2) is 9.81. The Morgan fingerprint density at radius 1 is 1.39 bits per heavy atom. The number of methoxy groups -OCH3 is 1. The molecule has 0 aliphatic rings. The molecule has 0 bridgehead atoms. The maximum atomic E-state index is 13.5. The summed E-state index contributed by atoms with van der Waals surface area (Å²) in [5.41, 5.74) is 4.63. The Bertz CT molecular complexity index is 466. The first-order chi connectivity index (χ1) is 10.5. The SMILES string of the molecule is COC(=O)[C@H](CC/C=C(/F)CN=C(C)N)NC(=O)OC(C)(C)C. The third-order valence-corrected chi connectivity index (χ3v) is 2.48. The summed E-state index contributed by atoms with van der Waals surface area (Å²) in [4.78, 5) is 27.1. The van der Waals surface area contributed by atoms with E-state index in [1.54, 1.807) is 27.7 Å². The first-order valence-corrected chi connectivity index (χ1v) is 7.23. The van der Waals surface area contributed by atoms with Crippen molar-refractivity contribution in [3.8, 4) is 0 Å². The number of alkyl carbamates (subject to hydrolysis) is 1. The van der Waals surface area contributed by atoms with Crippen molar-refractivity contribution in [3.63, 3.8) is 0 Å². The summed E-state index contributed by atoms with van der Waals surface area (Å²) in [5, 5.41) is 2.41. The number of amides is 1. The number of nitrogens with two attached hydrogens (primary N) is 1. The predicted molar refractivity (Wildman–Crippen MR) is 85.8 cm³/mol. The minimum absolute atomic E-state index is 0.148. The number of esters is 1. The number of hydrogen-bond acceptors (Lipinski definition) is 5. The number of carbonyl (C=O) groups is 2. The fraction of sp³-hybridized carbons (Fsp3) is 0.667. The number of aliphatic imine (C=N–C) groups is 1. The van der Waals surface area contributed by atoms with Crippen LogP contribution in [0.15, 0.2) is 16.9 Å². The van der Waals surface area contributed by atoms with Crippen LogP contribution in [-0.4, -0.2) is 43.2 Å². The van der Waals surface area contributed by atoms with E-state index in [2.05, 4.69) is 15.0 Å². The zero-order chi connectivity index (χ0) is 18.0. The Labute approximate surface area is 136 Å². The second-order valence-electron chi connectivity index (χ2n) is 5.91. The monoisotopic (exact) mass is 331 g/mol. The Morgan fingerprint density at radius 3 is 2.48 bits per heavy atom. The van der Waals surface area contributed by atoms with Crippen molar-refractivity contribution >= 4 is 17.9 Å². The lowest BCUT2D eigenvalue weighted by Crippen LogP contribution is -2.43. The Kier molecular flexibility index (Phi) is 8.90. The van der Waals surface area contributed by atoms with Gasteiger partial charge in [0, 0.05) is 0 Å². The van der Waals surface area contributed by atoms with Gasteiger partial charge in [-0.25, -0.2) is 14.0 Å². The zero-order valence-corrected chi connectivity index (χ0v) is 14.3. The van der Waals surface area contributed by atoms with Crippen LogP contribution in [0.1, 0.15) is 40.5 Å². The van der Waals surface area contributed by atoms with Crippen LogP contribution in [0.25, 0.3) is 0 Å². The molecule has 0 aliphatic carbocycles. The van der Waals surface area contributed by atoms with Crippen molar-refractivity contribution < 1.29 is 23.5 Å². The van der Waals surface area contributed by atoms with E-state index in [4.69, 9.17) is 10.5 Å². The molecule has 0 aromatic heterocycles. The van der Waals surface area contributed by atoms with Crippen molar-refractivity contribution in [2.45, 2.75) is 52.2 Å². The highest BCUT2D eigenvalue weighted by molar-refractivity contribution is 5.81. The molecular formula is C15H26FN3O4. The number of nitrogens with one attached hydrogen (secondary N) is 1. The molecule has 0 saturated heterocycles. The van der Waals surface area contributed by atoms with Gasteiger partial charge in [0.05, 0.1) is 19.5 Å². The van der Waals surface area contributed by atoms with Gasteiger partial charge in [-0.2, -0.15) is 0 Å². The summed E-state index contributed by atoms with van der Waals surface area (Å²) in [6.07, 6.45) is 0.949. The third-order valence-electron chi connectivity index (χ3n) is 2.48. The summed E-state index contributed by atoms with van der Waals surface area (Å²) >= 11 is 0. The van der Waals surface area contributed by atoms with E-state index in [-0.39, 0.29) is 25.2 Å². The lowest BCUT2D eigenvalue weighted by Gasteiger charge is -2.22. The smallest absolute Gasteiger partial charge is 0.408 e. The van der Waals surface area contributed by atoms with Crippen LogP contribution in [-0.2, 0) is 14.3 Å². The van der Waals surface area contributed by atoms with E-state index in [1.165, 1.54) is 13.2 Å². The van der Waals surface area contributed by atoms with Crippen LogP contribution < -0.4 is 11.1 Å². The van der Waals surface area contributed by atoms with E-state index in [0.717, 1.165) is 0 Å². The van der Waals surface area contributed by atoms with Gasteiger partial charge in [0.25, 0.3) is 0 Å². The van der Waals surface area contributed by atoms with Crippen LogP contribution >= 0.6 is 0 Å². The largest absolute Gasteiger partial charge is 0.467 e. The number of ether oxygens (including phenoxy) is 2. The average molecular weight is 331 g/mol. The number of nitrogens with zero attached hydrogens (tertiary/aromatic N) is 1.